The van der Waals surface area contributed by atoms with Gasteiger partial charge in [-0.15, -0.1) is 0 Å². The lowest BCUT2D eigenvalue weighted by Crippen LogP contribution is -2.28. The Balaban J connectivity index is 2.14. The molecule has 1 saturated heterocycles. The largest absolute Gasteiger partial charge is 0.397 e. The molecule has 1 aromatic carbocycles. The molecule has 0 aromatic heterocycles. The maximum Gasteiger partial charge on any atom is 0.0637 e. The zero-order chi connectivity index (χ0) is 11.6. The molecule has 0 radical (unpaired) electrons. The molecule has 1 unspecified atom stereocenters. The van der Waals surface area contributed by atoms with Crippen molar-refractivity contribution in [1.82, 2.24) is 0 Å². The number of hydrogen-bond donors (Lipinski definition) is 2. The van der Waals surface area contributed by atoms with Crippen molar-refractivity contribution in [3.63, 3.8) is 0 Å². The molecule has 1 atom stereocenters. The Bertz CT molecular complexity index is 363. The fourth-order valence-electron chi connectivity index (χ4n) is 2.28. The van der Waals surface area contributed by atoms with Crippen LogP contribution in [0.1, 0.15) is 26.2 Å². The van der Waals surface area contributed by atoms with Crippen molar-refractivity contribution in [2.24, 2.45) is 0 Å². The second kappa shape index (κ2) is 4.34. The van der Waals surface area contributed by atoms with E-state index in [9.17, 15) is 5.11 Å². The zero-order valence-electron chi connectivity index (χ0n) is 9.82. The van der Waals surface area contributed by atoms with Gasteiger partial charge in [0.2, 0.25) is 0 Å². The van der Waals surface area contributed by atoms with Crippen LogP contribution >= 0.6 is 0 Å². The van der Waals surface area contributed by atoms with Gasteiger partial charge in [-0.3, -0.25) is 0 Å². The molecule has 0 aliphatic carbocycles. The van der Waals surface area contributed by atoms with Crippen LogP contribution in [0.4, 0.5) is 11.4 Å². The van der Waals surface area contributed by atoms with Crippen molar-refractivity contribution in [2.45, 2.75) is 31.8 Å². The van der Waals surface area contributed by atoms with Gasteiger partial charge in [-0.2, -0.15) is 0 Å². The zero-order valence-corrected chi connectivity index (χ0v) is 9.82. The van der Waals surface area contributed by atoms with E-state index in [2.05, 4.69) is 11.0 Å². The first-order valence-corrected chi connectivity index (χ1v) is 5.90. The number of benzene rings is 1. The van der Waals surface area contributed by atoms with Gasteiger partial charge in [0.15, 0.2) is 0 Å². The van der Waals surface area contributed by atoms with Crippen LogP contribution in [0.2, 0.25) is 0 Å². The number of nitrogen functional groups attached to an aromatic ring is 1. The third kappa shape index (κ3) is 2.47. The van der Waals surface area contributed by atoms with Crippen LogP contribution in [0.5, 0.6) is 0 Å². The van der Waals surface area contributed by atoms with E-state index in [0.717, 1.165) is 43.7 Å². The van der Waals surface area contributed by atoms with Crippen molar-refractivity contribution in [3.05, 3.63) is 24.3 Å². The van der Waals surface area contributed by atoms with Crippen LogP contribution in [0.3, 0.4) is 0 Å². The molecule has 0 bridgehead atoms. The van der Waals surface area contributed by atoms with Crippen molar-refractivity contribution >= 4 is 11.4 Å². The lowest BCUT2D eigenvalue weighted by molar-refractivity contribution is 0.0481. The van der Waals surface area contributed by atoms with E-state index in [-0.39, 0.29) is 0 Å². The first-order chi connectivity index (χ1) is 7.58. The van der Waals surface area contributed by atoms with E-state index in [1.165, 1.54) is 0 Å². The summed E-state index contributed by atoms with van der Waals surface area (Å²) in [6.45, 7) is 3.77. The fourth-order valence-corrected chi connectivity index (χ4v) is 2.28. The Hall–Kier alpha value is -1.22. The van der Waals surface area contributed by atoms with Crippen LogP contribution in [-0.2, 0) is 0 Å². The number of rotatable bonds is 1. The highest BCUT2D eigenvalue weighted by atomic mass is 16.3. The third-order valence-corrected chi connectivity index (χ3v) is 3.34. The Morgan fingerprint density at radius 1 is 1.25 bits per heavy atom. The fraction of sp³-hybridized carbons (Fsp3) is 0.538. The van der Waals surface area contributed by atoms with Gasteiger partial charge in [-0.25, -0.2) is 0 Å². The summed E-state index contributed by atoms with van der Waals surface area (Å²) < 4.78 is 0. The minimum absolute atomic E-state index is 0.516. The molecular formula is C13H20N2O. The highest BCUT2D eigenvalue weighted by molar-refractivity contribution is 5.67. The predicted molar refractivity (Wildman–Crippen MR) is 67.5 cm³/mol. The molecule has 1 aliphatic rings. The van der Waals surface area contributed by atoms with Gasteiger partial charge < -0.3 is 15.7 Å². The summed E-state index contributed by atoms with van der Waals surface area (Å²) in [5, 5.41) is 10.0. The monoisotopic (exact) mass is 220 g/mol. The maximum atomic E-state index is 10.0. The van der Waals surface area contributed by atoms with E-state index < -0.39 is 5.60 Å². The first kappa shape index (κ1) is 11.3. The molecule has 2 rings (SSSR count). The molecule has 1 aliphatic heterocycles. The summed E-state index contributed by atoms with van der Waals surface area (Å²) >= 11 is 0. The molecule has 1 aromatic rings. The highest BCUT2D eigenvalue weighted by Gasteiger charge is 2.25. The van der Waals surface area contributed by atoms with E-state index in [0.29, 0.717) is 0 Å². The number of anilines is 2. The first-order valence-electron chi connectivity index (χ1n) is 5.90. The van der Waals surface area contributed by atoms with Gasteiger partial charge in [-0.05, 0) is 38.3 Å². The molecule has 88 valence electrons. The molecule has 3 nitrogen and oxygen atoms in total. The molecule has 3 N–H and O–H groups in total. The molecule has 0 saturated carbocycles. The standard InChI is InChI=1S/C13H20N2O/c1-13(16)7-4-9-15(10-8-13)12-6-3-2-5-11(12)14/h2-3,5-6,16H,4,7-10,14H2,1H3. The number of aliphatic hydroxyl groups is 1. The molecule has 0 spiro atoms. The molecule has 3 heteroatoms. The summed E-state index contributed by atoms with van der Waals surface area (Å²) in [5.74, 6) is 0. The van der Waals surface area contributed by atoms with Gasteiger partial charge in [0.1, 0.15) is 0 Å². The smallest absolute Gasteiger partial charge is 0.0637 e. The topological polar surface area (TPSA) is 49.5 Å². The normalized spacial score (nSPS) is 26.5. The van der Waals surface area contributed by atoms with Crippen LogP contribution in [0.25, 0.3) is 0 Å². The molecule has 1 fully saturated rings. The third-order valence-electron chi connectivity index (χ3n) is 3.34. The van der Waals surface area contributed by atoms with Gasteiger partial charge in [-0.1, -0.05) is 12.1 Å². The number of hydrogen-bond acceptors (Lipinski definition) is 3. The lowest BCUT2D eigenvalue weighted by atomic mass is 9.98. The Kier molecular flexibility index (Phi) is 3.06. The quantitative estimate of drug-likeness (QED) is 0.712. The van der Waals surface area contributed by atoms with E-state index in [1.807, 2.05) is 25.1 Å². The summed E-state index contributed by atoms with van der Waals surface area (Å²) in [5.41, 5.74) is 7.37. The molecule has 16 heavy (non-hydrogen) atoms. The van der Waals surface area contributed by atoms with Crippen molar-refractivity contribution in [3.8, 4) is 0 Å². The summed E-state index contributed by atoms with van der Waals surface area (Å²) in [4.78, 5) is 2.27. The molecular weight excluding hydrogens is 200 g/mol. The average Bonchev–Trinajstić information content (AvgIpc) is 2.40. The van der Waals surface area contributed by atoms with Crippen molar-refractivity contribution in [1.29, 1.82) is 0 Å². The van der Waals surface area contributed by atoms with Crippen LogP contribution < -0.4 is 10.6 Å². The van der Waals surface area contributed by atoms with Crippen LogP contribution in [0.15, 0.2) is 24.3 Å². The summed E-state index contributed by atoms with van der Waals surface area (Å²) in [7, 11) is 0. The van der Waals surface area contributed by atoms with E-state index >= 15 is 0 Å². The van der Waals surface area contributed by atoms with Crippen LogP contribution in [0, 0.1) is 0 Å². The van der Waals surface area contributed by atoms with E-state index in [1.54, 1.807) is 0 Å². The second-order valence-corrected chi connectivity index (χ2v) is 4.90. The Labute approximate surface area is 96.9 Å². The van der Waals surface area contributed by atoms with Gasteiger partial charge in [0.05, 0.1) is 17.0 Å². The number of nitrogens with zero attached hydrogens (tertiary/aromatic N) is 1. The summed E-state index contributed by atoms with van der Waals surface area (Å²) in [6, 6.07) is 7.94. The second-order valence-electron chi connectivity index (χ2n) is 4.90. The van der Waals surface area contributed by atoms with Crippen molar-refractivity contribution < 1.29 is 5.11 Å². The van der Waals surface area contributed by atoms with Crippen molar-refractivity contribution in [2.75, 3.05) is 23.7 Å². The predicted octanol–water partition coefficient (Wildman–Crippen LogP) is 2.01. The number of nitrogens with two attached hydrogens (primary N) is 1. The number of para-hydroxylation sites is 2. The van der Waals surface area contributed by atoms with Crippen LogP contribution in [-0.4, -0.2) is 23.8 Å². The minimum atomic E-state index is -0.516. The SMILES string of the molecule is CC1(O)CCCN(c2ccccc2N)CC1. The Morgan fingerprint density at radius 3 is 2.75 bits per heavy atom. The van der Waals surface area contributed by atoms with Gasteiger partial charge in [0, 0.05) is 13.1 Å². The van der Waals surface area contributed by atoms with Gasteiger partial charge >= 0.3 is 0 Å². The average molecular weight is 220 g/mol. The lowest BCUT2D eigenvalue weighted by Gasteiger charge is -2.25. The van der Waals surface area contributed by atoms with Gasteiger partial charge in [0.25, 0.3) is 0 Å². The maximum absolute atomic E-state index is 10.0. The highest BCUT2D eigenvalue weighted by Crippen LogP contribution is 2.28. The summed E-state index contributed by atoms with van der Waals surface area (Å²) in [6.07, 6.45) is 2.69. The molecule has 1 heterocycles. The molecule has 0 amide bonds. The Morgan fingerprint density at radius 2 is 2.00 bits per heavy atom. The minimum Gasteiger partial charge on any atom is -0.397 e. The van der Waals surface area contributed by atoms with E-state index in [4.69, 9.17) is 5.73 Å².